The van der Waals surface area contributed by atoms with Crippen molar-refractivity contribution in [3.05, 3.63) is 47.0 Å². The van der Waals surface area contributed by atoms with E-state index in [1.54, 1.807) is 12.1 Å². The molecule has 0 fully saturated rings. The number of aromatic hydroxyl groups is 2. The van der Waals surface area contributed by atoms with Crippen LogP contribution in [0.25, 0.3) is 0 Å². The zero-order valence-electron chi connectivity index (χ0n) is 11.3. The minimum absolute atomic E-state index is 0.166. The number of amides is 1. The third kappa shape index (κ3) is 2.83. The maximum atomic E-state index is 12.1. The molecule has 0 heterocycles. The number of rotatable bonds is 2. The summed E-state index contributed by atoms with van der Waals surface area (Å²) in [5.74, 6) is -0.742. The van der Waals surface area contributed by atoms with Crippen molar-refractivity contribution >= 4 is 17.3 Å². The molecule has 0 aliphatic rings. The van der Waals surface area contributed by atoms with Gasteiger partial charge in [0, 0.05) is 23.0 Å². The van der Waals surface area contributed by atoms with Gasteiger partial charge in [-0.25, -0.2) is 0 Å². The van der Waals surface area contributed by atoms with E-state index in [-0.39, 0.29) is 17.1 Å². The fourth-order valence-electron chi connectivity index (χ4n) is 2.11. The van der Waals surface area contributed by atoms with E-state index in [1.165, 1.54) is 12.1 Å². The second kappa shape index (κ2) is 5.13. The van der Waals surface area contributed by atoms with Gasteiger partial charge < -0.3 is 21.3 Å². The van der Waals surface area contributed by atoms with Crippen LogP contribution >= 0.6 is 0 Å². The number of carbonyl (C=O) groups excluding carboxylic acids is 1. The van der Waals surface area contributed by atoms with Crippen LogP contribution in [0.2, 0.25) is 0 Å². The Hall–Kier alpha value is -2.69. The molecule has 0 radical (unpaired) electrons. The van der Waals surface area contributed by atoms with Gasteiger partial charge in [-0.1, -0.05) is 0 Å². The summed E-state index contributed by atoms with van der Waals surface area (Å²) in [6.07, 6.45) is 0. The molecule has 5 nitrogen and oxygen atoms in total. The number of anilines is 2. The highest BCUT2D eigenvalue weighted by molar-refractivity contribution is 6.05. The van der Waals surface area contributed by atoms with Crippen LogP contribution in [0.1, 0.15) is 21.5 Å². The van der Waals surface area contributed by atoms with Gasteiger partial charge in [-0.3, -0.25) is 4.79 Å². The number of benzene rings is 2. The Labute approximate surface area is 116 Å². The van der Waals surface area contributed by atoms with Crippen LogP contribution in [0.4, 0.5) is 11.4 Å². The molecule has 2 rings (SSSR count). The second-order valence-corrected chi connectivity index (χ2v) is 4.72. The van der Waals surface area contributed by atoms with Crippen LogP contribution in [0, 0.1) is 13.8 Å². The van der Waals surface area contributed by atoms with Crippen molar-refractivity contribution < 1.29 is 15.0 Å². The fraction of sp³-hybridized carbons (Fsp3) is 0.133. The summed E-state index contributed by atoms with van der Waals surface area (Å²) >= 11 is 0. The highest BCUT2D eigenvalue weighted by Gasteiger charge is 2.12. The third-order valence-electron chi connectivity index (χ3n) is 2.96. The summed E-state index contributed by atoms with van der Waals surface area (Å²) in [5, 5.41) is 21.6. The summed E-state index contributed by atoms with van der Waals surface area (Å²) in [6, 6.07) is 7.27. The zero-order chi connectivity index (χ0) is 14.9. The average molecular weight is 272 g/mol. The molecule has 0 bridgehead atoms. The highest BCUT2D eigenvalue weighted by atomic mass is 16.3. The largest absolute Gasteiger partial charge is 0.508 e. The molecule has 0 aliphatic carbocycles. The predicted molar refractivity (Wildman–Crippen MR) is 78.1 cm³/mol. The fourth-order valence-corrected chi connectivity index (χ4v) is 2.11. The maximum absolute atomic E-state index is 12.1. The summed E-state index contributed by atoms with van der Waals surface area (Å²) in [7, 11) is 0. The molecule has 1 amide bonds. The van der Waals surface area contributed by atoms with E-state index in [2.05, 4.69) is 5.32 Å². The van der Waals surface area contributed by atoms with E-state index in [1.807, 2.05) is 13.8 Å². The number of carbonyl (C=O) groups is 1. The number of phenolic OH excluding ortho intramolecular Hbond substituents is 2. The van der Waals surface area contributed by atoms with E-state index in [4.69, 9.17) is 5.73 Å². The van der Waals surface area contributed by atoms with Gasteiger partial charge in [-0.2, -0.15) is 0 Å². The number of hydrogen-bond acceptors (Lipinski definition) is 4. The normalized spacial score (nSPS) is 10.3. The van der Waals surface area contributed by atoms with E-state index < -0.39 is 5.91 Å². The van der Waals surface area contributed by atoms with Crippen molar-refractivity contribution in [3.8, 4) is 11.5 Å². The predicted octanol–water partition coefficient (Wildman–Crippen LogP) is 2.55. The van der Waals surface area contributed by atoms with Gasteiger partial charge in [0.2, 0.25) is 0 Å². The molecule has 2 aromatic rings. The van der Waals surface area contributed by atoms with Gasteiger partial charge in [0.25, 0.3) is 5.91 Å². The van der Waals surface area contributed by atoms with Crippen LogP contribution < -0.4 is 11.1 Å². The molecule has 0 atom stereocenters. The molecule has 0 saturated carbocycles. The summed E-state index contributed by atoms with van der Waals surface area (Å²) in [4.78, 5) is 12.1. The lowest BCUT2D eigenvalue weighted by atomic mass is 10.1. The van der Waals surface area contributed by atoms with Gasteiger partial charge in [0.1, 0.15) is 11.5 Å². The molecular formula is C15H16N2O3. The highest BCUT2D eigenvalue weighted by Crippen LogP contribution is 2.25. The van der Waals surface area contributed by atoms with Crippen LogP contribution in [-0.2, 0) is 0 Å². The summed E-state index contributed by atoms with van der Waals surface area (Å²) < 4.78 is 0. The third-order valence-corrected chi connectivity index (χ3v) is 2.96. The van der Waals surface area contributed by atoms with Crippen molar-refractivity contribution in [3.63, 3.8) is 0 Å². The molecule has 2 aromatic carbocycles. The van der Waals surface area contributed by atoms with Gasteiger partial charge in [0.05, 0.1) is 0 Å². The number of nitrogens with one attached hydrogen (secondary N) is 1. The van der Waals surface area contributed by atoms with E-state index in [9.17, 15) is 15.0 Å². The van der Waals surface area contributed by atoms with Crippen LogP contribution in [-0.4, -0.2) is 16.1 Å². The number of phenols is 2. The molecule has 5 N–H and O–H groups in total. The van der Waals surface area contributed by atoms with Crippen molar-refractivity contribution in [1.29, 1.82) is 0 Å². The van der Waals surface area contributed by atoms with E-state index >= 15 is 0 Å². The average Bonchev–Trinajstić information content (AvgIpc) is 2.32. The first-order chi connectivity index (χ1) is 9.36. The zero-order valence-corrected chi connectivity index (χ0v) is 11.3. The van der Waals surface area contributed by atoms with Crippen LogP contribution in [0.5, 0.6) is 11.5 Å². The summed E-state index contributed by atoms with van der Waals surface area (Å²) in [5.41, 5.74) is 8.91. The molecule has 104 valence electrons. The Morgan fingerprint density at radius 2 is 1.50 bits per heavy atom. The first-order valence-corrected chi connectivity index (χ1v) is 6.08. The molecule has 20 heavy (non-hydrogen) atoms. The van der Waals surface area contributed by atoms with Crippen molar-refractivity contribution in [1.82, 2.24) is 0 Å². The lowest BCUT2D eigenvalue weighted by Crippen LogP contribution is -2.14. The molecule has 0 spiro atoms. The van der Waals surface area contributed by atoms with Gasteiger partial charge >= 0.3 is 0 Å². The Balaban J connectivity index is 2.32. The smallest absolute Gasteiger partial charge is 0.255 e. The lowest BCUT2D eigenvalue weighted by Gasteiger charge is -2.13. The minimum Gasteiger partial charge on any atom is -0.508 e. The first-order valence-electron chi connectivity index (χ1n) is 6.08. The molecule has 0 unspecified atom stereocenters. The van der Waals surface area contributed by atoms with E-state index in [0.717, 1.165) is 17.2 Å². The SMILES string of the molecule is Cc1cc(N)cc(C)c1NC(=O)c1cc(O)cc(O)c1. The maximum Gasteiger partial charge on any atom is 0.255 e. The Bertz CT molecular complexity index is 638. The lowest BCUT2D eigenvalue weighted by molar-refractivity contribution is 0.102. The molecule has 0 aromatic heterocycles. The van der Waals surface area contributed by atoms with Crippen LogP contribution in [0.15, 0.2) is 30.3 Å². The van der Waals surface area contributed by atoms with E-state index in [0.29, 0.717) is 11.4 Å². The van der Waals surface area contributed by atoms with Crippen molar-refractivity contribution in [2.75, 3.05) is 11.1 Å². The number of nitrogens with two attached hydrogens (primary N) is 1. The van der Waals surface area contributed by atoms with Crippen molar-refractivity contribution in [2.24, 2.45) is 0 Å². The van der Waals surface area contributed by atoms with Gasteiger partial charge in [0.15, 0.2) is 0 Å². The molecule has 0 saturated heterocycles. The quantitative estimate of drug-likeness (QED) is 0.632. The second-order valence-electron chi connectivity index (χ2n) is 4.72. The number of aryl methyl sites for hydroxylation is 2. The summed E-state index contributed by atoms with van der Waals surface area (Å²) in [6.45, 7) is 3.69. The number of hydrogen-bond donors (Lipinski definition) is 4. The monoisotopic (exact) mass is 272 g/mol. The van der Waals surface area contributed by atoms with Gasteiger partial charge in [-0.15, -0.1) is 0 Å². The molecule has 5 heteroatoms. The number of nitrogen functional groups attached to an aromatic ring is 1. The Kier molecular flexibility index (Phi) is 3.52. The minimum atomic E-state index is -0.410. The van der Waals surface area contributed by atoms with Gasteiger partial charge in [-0.05, 0) is 49.2 Å². The molecule has 0 aliphatic heterocycles. The Morgan fingerprint density at radius 3 is 2.00 bits per heavy atom. The topological polar surface area (TPSA) is 95.6 Å². The Morgan fingerprint density at radius 1 is 1.00 bits per heavy atom. The standard InChI is InChI=1S/C15H16N2O3/c1-8-3-11(16)4-9(2)14(8)17-15(20)10-5-12(18)7-13(19)6-10/h3-7,18-19H,16H2,1-2H3,(H,17,20). The van der Waals surface area contributed by atoms with Crippen molar-refractivity contribution in [2.45, 2.75) is 13.8 Å². The first kappa shape index (κ1) is 13.7. The van der Waals surface area contributed by atoms with Crippen LogP contribution in [0.3, 0.4) is 0 Å². The molecular weight excluding hydrogens is 256 g/mol.